The number of hydrogen-bond donors (Lipinski definition) is 2. The third kappa shape index (κ3) is 3.76. The van der Waals surface area contributed by atoms with Crippen molar-refractivity contribution in [3.63, 3.8) is 0 Å². The molecule has 112 valence electrons. The second-order valence-electron chi connectivity index (χ2n) is 5.20. The zero-order valence-corrected chi connectivity index (χ0v) is 13.2. The SMILES string of the molecule is CCN(CC)c1ccc(Nc2ccc(CN)cc2)cc1C. The molecule has 2 aromatic rings. The molecule has 21 heavy (non-hydrogen) atoms. The summed E-state index contributed by atoms with van der Waals surface area (Å²) < 4.78 is 0. The molecule has 0 radical (unpaired) electrons. The maximum Gasteiger partial charge on any atom is 0.0397 e. The van der Waals surface area contributed by atoms with Crippen LogP contribution in [0.2, 0.25) is 0 Å². The molecular formula is C18H25N3. The van der Waals surface area contributed by atoms with E-state index in [1.807, 2.05) is 0 Å². The number of nitrogens with two attached hydrogens (primary N) is 1. The fraction of sp³-hybridized carbons (Fsp3) is 0.333. The maximum atomic E-state index is 5.62. The van der Waals surface area contributed by atoms with E-state index in [1.54, 1.807) is 0 Å². The highest BCUT2D eigenvalue weighted by Gasteiger charge is 2.06. The Morgan fingerprint density at radius 2 is 1.57 bits per heavy atom. The van der Waals surface area contributed by atoms with E-state index in [4.69, 9.17) is 5.73 Å². The van der Waals surface area contributed by atoms with Gasteiger partial charge in [0.2, 0.25) is 0 Å². The summed E-state index contributed by atoms with van der Waals surface area (Å²) >= 11 is 0. The van der Waals surface area contributed by atoms with Crippen molar-refractivity contribution in [1.82, 2.24) is 0 Å². The Kier molecular flexibility index (Phi) is 5.23. The molecule has 0 aliphatic rings. The molecule has 3 N–H and O–H groups in total. The zero-order valence-electron chi connectivity index (χ0n) is 13.2. The molecule has 3 heteroatoms. The highest BCUT2D eigenvalue weighted by Crippen LogP contribution is 2.25. The third-order valence-electron chi connectivity index (χ3n) is 3.78. The molecule has 0 atom stereocenters. The van der Waals surface area contributed by atoms with Crippen LogP contribution in [0.4, 0.5) is 17.1 Å². The van der Waals surface area contributed by atoms with Crippen LogP contribution in [-0.2, 0) is 6.54 Å². The van der Waals surface area contributed by atoms with Crippen LogP contribution in [0.3, 0.4) is 0 Å². The summed E-state index contributed by atoms with van der Waals surface area (Å²) in [6, 6.07) is 14.8. The molecule has 0 aromatic heterocycles. The molecule has 0 fully saturated rings. The lowest BCUT2D eigenvalue weighted by atomic mass is 10.1. The van der Waals surface area contributed by atoms with Gasteiger partial charge in [-0.1, -0.05) is 12.1 Å². The molecule has 0 amide bonds. The summed E-state index contributed by atoms with van der Waals surface area (Å²) in [5.41, 5.74) is 11.6. The smallest absolute Gasteiger partial charge is 0.0397 e. The minimum atomic E-state index is 0.581. The van der Waals surface area contributed by atoms with Gasteiger partial charge in [-0.3, -0.25) is 0 Å². The Bertz CT molecular complexity index is 572. The fourth-order valence-electron chi connectivity index (χ4n) is 2.54. The van der Waals surface area contributed by atoms with Gasteiger partial charge in [-0.25, -0.2) is 0 Å². The monoisotopic (exact) mass is 283 g/mol. The van der Waals surface area contributed by atoms with Gasteiger partial charge in [0.1, 0.15) is 0 Å². The first-order chi connectivity index (χ1) is 10.2. The van der Waals surface area contributed by atoms with E-state index in [0.29, 0.717) is 6.54 Å². The first-order valence-electron chi connectivity index (χ1n) is 7.59. The molecule has 0 spiro atoms. The largest absolute Gasteiger partial charge is 0.372 e. The van der Waals surface area contributed by atoms with Gasteiger partial charge in [0.15, 0.2) is 0 Å². The molecule has 0 aliphatic carbocycles. The van der Waals surface area contributed by atoms with Crippen molar-refractivity contribution < 1.29 is 0 Å². The predicted molar refractivity (Wildman–Crippen MR) is 92.4 cm³/mol. The second-order valence-corrected chi connectivity index (χ2v) is 5.20. The molecule has 0 bridgehead atoms. The molecule has 3 nitrogen and oxygen atoms in total. The van der Waals surface area contributed by atoms with Crippen molar-refractivity contribution in [2.45, 2.75) is 27.3 Å². The highest BCUT2D eigenvalue weighted by molar-refractivity contribution is 5.66. The Balaban J connectivity index is 2.15. The van der Waals surface area contributed by atoms with E-state index in [-0.39, 0.29) is 0 Å². The van der Waals surface area contributed by atoms with Crippen LogP contribution >= 0.6 is 0 Å². The van der Waals surface area contributed by atoms with Crippen molar-refractivity contribution >= 4 is 17.1 Å². The summed E-state index contributed by atoms with van der Waals surface area (Å²) in [6.45, 7) is 9.19. The summed E-state index contributed by atoms with van der Waals surface area (Å²) in [4.78, 5) is 2.37. The van der Waals surface area contributed by atoms with Crippen molar-refractivity contribution in [1.29, 1.82) is 0 Å². The molecule has 0 saturated carbocycles. The lowest BCUT2D eigenvalue weighted by Gasteiger charge is -2.23. The average Bonchev–Trinajstić information content (AvgIpc) is 2.51. The van der Waals surface area contributed by atoms with Gasteiger partial charge in [-0.2, -0.15) is 0 Å². The Morgan fingerprint density at radius 3 is 2.10 bits per heavy atom. The van der Waals surface area contributed by atoms with Crippen LogP contribution in [0.15, 0.2) is 42.5 Å². The number of aryl methyl sites for hydroxylation is 1. The van der Waals surface area contributed by atoms with Crippen molar-refractivity contribution in [3.05, 3.63) is 53.6 Å². The summed E-state index contributed by atoms with van der Waals surface area (Å²) in [6.07, 6.45) is 0. The molecule has 0 aliphatic heterocycles. The lowest BCUT2D eigenvalue weighted by molar-refractivity contribution is 0.862. The minimum Gasteiger partial charge on any atom is -0.372 e. The van der Waals surface area contributed by atoms with E-state index in [0.717, 1.165) is 30.0 Å². The zero-order chi connectivity index (χ0) is 15.2. The van der Waals surface area contributed by atoms with Crippen LogP contribution in [0.25, 0.3) is 0 Å². The number of hydrogen-bond acceptors (Lipinski definition) is 3. The number of rotatable bonds is 6. The predicted octanol–water partition coefficient (Wildman–Crippen LogP) is 4.04. The fourth-order valence-corrected chi connectivity index (χ4v) is 2.54. The van der Waals surface area contributed by atoms with Crippen molar-refractivity contribution in [3.8, 4) is 0 Å². The Morgan fingerprint density at radius 1 is 0.952 bits per heavy atom. The van der Waals surface area contributed by atoms with E-state index in [2.05, 4.69) is 73.5 Å². The van der Waals surface area contributed by atoms with Gasteiger partial charge in [-0.05, 0) is 62.2 Å². The standard InChI is InChI=1S/C18H25N3/c1-4-21(5-2)18-11-10-17(12-14(18)3)20-16-8-6-15(13-19)7-9-16/h6-12,20H,4-5,13,19H2,1-3H3. The average molecular weight is 283 g/mol. The summed E-state index contributed by atoms with van der Waals surface area (Å²) in [7, 11) is 0. The molecule has 2 rings (SSSR count). The first kappa shape index (κ1) is 15.4. The van der Waals surface area contributed by atoms with Crippen LogP contribution in [-0.4, -0.2) is 13.1 Å². The quantitative estimate of drug-likeness (QED) is 0.840. The van der Waals surface area contributed by atoms with Gasteiger partial charge in [0, 0.05) is 36.7 Å². The molecule has 2 aromatic carbocycles. The van der Waals surface area contributed by atoms with E-state index >= 15 is 0 Å². The number of nitrogens with zero attached hydrogens (tertiary/aromatic N) is 1. The highest BCUT2D eigenvalue weighted by atomic mass is 15.1. The van der Waals surface area contributed by atoms with Gasteiger partial charge in [-0.15, -0.1) is 0 Å². The molecule has 0 unspecified atom stereocenters. The maximum absolute atomic E-state index is 5.62. The first-order valence-corrected chi connectivity index (χ1v) is 7.59. The third-order valence-corrected chi connectivity index (χ3v) is 3.78. The number of nitrogens with one attached hydrogen (secondary N) is 1. The second kappa shape index (κ2) is 7.14. The molecule has 0 heterocycles. The van der Waals surface area contributed by atoms with Crippen LogP contribution in [0, 0.1) is 6.92 Å². The van der Waals surface area contributed by atoms with Crippen molar-refractivity contribution in [2.75, 3.05) is 23.3 Å². The minimum absolute atomic E-state index is 0.581. The van der Waals surface area contributed by atoms with Crippen LogP contribution < -0.4 is 16.0 Å². The summed E-state index contributed by atoms with van der Waals surface area (Å²) in [5.74, 6) is 0. The van der Waals surface area contributed by atoms with E-state index < -0.39 is 0 Å². The van der Waals surface area contributed by atoms with Gasteiger partial charge in [0.25, 0.3) is 0 Å². The molecular weight excluding hydrogens is 258 g/mol. The Labute approximate surface area is 127 Å². The van der Waals surface area contributed by atoms with E-state index in [1.165, 1.54) is 11.3 Å². The normalized spacial score (nSPS) is 10.5. The van der Waals surface area contributed by atoms with E-state index in [9.17, 15) is 0 Å². The lowest BCUT2D eigenvalue weighted by Crippen LogP contribution is -2.22. The number of benzene rings is 2. The molecule has 0 saturated heterocycles. The summed E-state index contributed by atoms with van der Waals surface area (Å²) in [5, 5.41) is 3.44. The van der Waals surface area contributed by atoms with Crippen LogP contribution in [0.5, 0.6) is 0 Å². The van der Waals surface area contributed by atoms with Gasteiger partial charge in [0.05, 0.1) is 0 Å². The topological polar surface area (TPSA) is 41.3 Å². The van der Waals surface area contributed by atoms with Gasteiger partial charge < -0.3 is 16.0 Å². The van der Waals surface area contributed by atoms with Crippen LogP contribution in [0.1, 0.15) is 25.0 Å². The van der Waals surface area contributed by atoms with Gasteiger partial charge >= 0.3 is 0 Å². The Hall–Kier alpha value is -2.00. The number of anilines is 3. The van der Waals surface area contributed by atoms with Crippen molar-refractivity contribution in [2.24, 2.45) is 5.73 Å².